The molecule has 1 amide bonds. The molecule has 0 aromatic heterocycles. The molecule has 0 saturated heterocycles. The Kier molecular flexibility index (Phi) is 16.6. The summed E-state index contributed by atoms with van der Waals surface area (Å²) in [5, 5.41) is 3.28. The Balaban J connectivity index is 2.24. The van der Waals surface area contributed by atoms with E-state index < -0.39 is 35.6 Å². The number of alkyl halides is 6. The Hall–Kier alpha value is -2.93. The zero-order chi connectivity index (χ0) is 36.1. The number of benzene rings is 2. The summed E-state index contributed by atoms with van der Waals surface area (Å²) in [5.41, 5.74) is 18.9. The molecule has 270 valence electrons. The highest BCUT2D eigenvalue weighted by Crippen LogP contribution is 2.31. The van der Waals surface area contributed by atoms with Crippen LogP contribution in [0.5, 0.6) is 0 Å². The second-order valence-electron chi connectivity index (χ2n) is 13.3. The minimum atomic E-state index is -4.46. The maximum absolute atomic E-state index is 14.1. The zero-order valence-corrected chi connectivity index (χ0v) is 28.3. The zero-order valence-electron chi connectivity index (χ0n) is 28.3. The summed E-state index contributed by atoms with van der Waals surface area (Å²) < 4.78 is 78.2. The van der Waals surface area contributed by atoms with E-state index in [1.165, 1.54) is 24.3 Å². The van der Waals surface area contributed by atoms with Gasteiger partial charge in [-0.3, -0.25) is 4.79 Å². The highest BCUT2D eigenvalue weighted by molar-refractivity contribution is 5.82. The number of hydrogen-bond donors (Lipinski definition) is 4. The first-order chi connectivity index (χ1) is 22.4. The average Bonchev–Trinajstić information content (AvgIpc) is 3.00. The average molecular weight is 686 g/mol. The van der Waals surface area contributed by atoms with Crippen LogP contribution in [0.2, 0.25) is 0 Å². The summed E-state index contributed by atoms with van der Waals surface area (Å²) in [6.45, 7) is 12.8. The second-order valence-corrected chi connectivity index (χ2v) is 13.3. The van der Waals surface area contributed by atoms with Gasteiger partial charge < -0.3 is 27.4 Å². The van der Waals surface area contributed by atoms with Crippen LogP contribution in [0.25, 0.3) is 0 Å². The Labute approximate surface area is 281 Å². The molecular weight excluding hydrogens is 632 g/mol. The van der Waals surface area contributed by atoms with Crippen molar-refractivity contribution in [2.24, 2.45) is 29.0 Å². The molecule has 7 N–H and O–H groups in total. The van der Waals surface area contributed by atoms with Gasteiger partial charge in [0.25, 0.3) is 0 Å². The predicted molar refractivity (Wildman–Crippen MR) is 180 cm³/mol. The molecule has 12 heteroatoms. The van der Waals surface area contributed by atoms with Crippen molar-refractivity contribution in [3.63, 3.8) is 0 Å². The van der Waals surface area contributed by atoms with Crippen molar-refractivity contribution in [3.05, 3.63) is 82.9 Å². The van der Waals surface area contributed by atoms with Crippen molar-refractivity contribution < 1.29 is 31.1 Å². The van der Waals surface area contributed by atoms with E-state index in [4.69, 9.17) is 17.2 Å². The Morgan fingerprint density at radius 1 is 0.812 bits per heavy atom. The fraction of sp³-hybridized carbons (Fsp3) is 0.583. The van der Waals surface area contributed by atoms with Crippen LogP contribution in [0.15, 0.2) is 60.7 Å². The molecule has 0 aliphatic heterocycles. The molecule has 1 unspecified atom stereocenters. The Morgan fingerprint density at radius 2 is 1.31 bits per heavy atom. The predicted octanol–water partition coefficient (Wildman–Crippen LogP) is 6.71. The van der Waals surface area contributed by atoms with Gasteiger partial charge in [0.2, 0.25) is 5.91 Å². The van der Waals surface area contributed by atoms with Gasteiger partial charge in [-0.25, -0.2) is 0 Å². The topological polar surface area (TPSA) is 110 Å². The van der Waals surface area contributed by atoms with Gasteiger partial charge in [-0.05, 0) is 98.7 Å². The number of nitrogens with two attached hydrogens (primary N) is 3. The third-order valence-corrected chi connectivity index (χ3v) is 8.43. The molecule has 0 bridgehead atoms. The van der Waals surface area contributed by atoms with Crippen LogP contribution in [0.4, 0.5) is 26.3 Å². The van der Waals surface area contributed by atoms with Crippen LogP contribution in [-0.4, -0.2) is 55.1 Å². The lowest BCUT2D eigenvalue weighted by atomic mass is 9.92. The van der Waals surface area contributed by atoms with Gasteiger partial charge in [-0.15, -0.1) is 0 Å². The molecule has 2 aromatic carbocycles. The van der Waals surface area contributed by atoms with Crippen molar-refractivity contribution in [2.75, 3.05) is 26.2 Å². The molecule has 0 aliphatic carbocycles. The number of hydrogen-bond acceptors (Lipinski definition) is 5. The molecule has 6 nitrogen and oxygen atoms in total. The van der Waals surface area contributed by atoms with E-state index in [-0.39, 0.29) is 24.3 Å². The summed E-state index contributed by atoms with van der Waals surface area (Å²) >= 11 is 0. The number of carbonyl (C=O) groups excluding carboxylic acids is 1. The number of nitrogens with zero attached hydrogens (tertiary/aromatic N) is 1. The lowest BCUT2D eigenvalue weighted by molar-refractivity contribution is -0.138. The molecule has 0 fully saturated rings. The minimum absolute atomic E-state index is 0.0848. The maximum Gasteiger partial charge on any atom is 0.416 e. The van der Waals surface area contributed by atoms with E-state index >= 15 is 0 Å². The fourth-order valence-electron chi connectivity index (χ4n) is 5.93. The summed E-state index contributed by atoms with van der Waals surface area (Å²) in [5.74, 6) is 0.292. The normalized spacial score (nSPS) is 14.9. The SMILES string of the molecule is C=C(CCC(CCCNCCN)N(C[C@H](C)CC(C)C)C(=O)[C@H](N)Cc1ccc(C(F)(F)F)cc1)[C@H](N)Cc1ccc(C(F)(F)F)cc1. The van der Waals surface area contributed by atoms with Crippen LogP contribution in [-0.2, 0) is 30.0 Å². The third kappa shape index (κ3) is 14.3. The summed E-state index contributed by atoms with van der Waals surface area (Å²) in [6, 6.07) is 7.91. The smallest absolute Gasteiger partial charge is 0.338 e. The van der Waals surface area contributed by atoms with E-state index in [1.54, 1.807) is 0 Å². The monoisotopic (exact) mass is 685 g/mol. The first kappa shape index (κ1) is 41.2. The molecule has 0 saturated carbocycles. The van der Waals surface area contributed by atoms with Crippen molar-refractivity contribution >= 4 is 5.91 Å². The van der Waals surface area contributed by atoms with Crippen LogP contribution >= 0.6 is 0 Å². The Morgan fingerprint density at radius 3 is 1.77 bits per heavy atom. The summed E-state index contributed by atoms with van der Waals surface area (Å²) in [6.07, 6.45) is -5.16. The Bertz CT molecular complexity index is 1250. The highest BCUT2D eigenvalue weighted by atomic mass is 19.4. The van der Waals surface area contributed by atoms with E-state index in [0.29, 0.717) is 68.9 Å². The van der Waals surface area contributed by atoms with Crippen molar-refractivity contribution in [3.8, 4) is 0 Å². The second kappa shape index (κ2) is 19.3. The van der Waals surface area contributed by atoms with Crippen LogP contribution in [0, 0.1) is 11.8 Å². The highest BCUT2D eigenvalue weighted by Gasteiger charge is 2.32. The molecule has 4 atom stereocenters. The van der Waals surface area contributed by atoms with Gasteiger partial charge >= 0.3 is 12.4 Å². The molecule has 0 aliphatic rings. The molecule has 2 rings (SSSR count). The molecule has 48 heavy (non-hydrogen) atoms. The van der Waals surface area contributed by atoms with Crippen LogP contribution in [0.3, 0.4) is 0 Å². The van der Waals surface area contributed by atoms with Crippen molar-refractivity contribution in [1.82, 2.24) is 10.2 Å². The molecular formula is C36H53F6N5O. The standard InChI is InChI=1S/C36H53F6N5O/c1-24(2)20-25(3)23-47(34(48)33(45)22-28-10-14-30(15-11-28)36(40,41)42)31(6-5-18-46-19-17-43)16-7-26(4)32(44)21-27-8-12-29(13-9-27)35(37,38)39/h8-15,24-25,31-33,46H,4-7,16-23,43-45H2,1-3H3/t25-,31?,32-,33-/m1/s1. The third-order valence-electron chi connectivity index (χ3n) is 8.43. The van der Waals surface area contributed by atoms with Crippen LogP contribution in [0.1, 0.15) is 75.1 Å². The number of halogens is 6. The van der Waals surface area contributed by atoms with Crippen molar-refractivity contribution in [1.29, 1.82) is 0 Å². The number of rotatable bonds is 20. The minimum Gasteiger partial charge on any atom is -0.338 e. The number of carbonyl (C=O) groups is 1. The van der Waals surface area contributed by atoms with Gasteiger partial charge in [-0.2, -0.15) is 26.3 Å². The quantitative estimate of drug-likeness (QED) is 0.0704. The van der Waals surface area contributed by atoms with Gasteiger partial charge in [0.1, 0.15) is 0 Å². The largest absolute Gasteiger partial charge is 0.416 e. The number of amides is 1. The summed E-state index contributed by atoms with van der Waals surface area (Å²) in [4.78, 5) is 15.9. The van der Waals surface area contributed by atoms with Crippen LogP contribution < -0.4 is 22.5 Å². The fourth-order valence-corrected chi connectivity index (χ4v) is 5.93. The van der Waals surface area contributed by atoms with E-state index in [1.807, 2.05) is 4.90 Å². The molecule has 2 aromatic rings. The molecule has 0 spiro atoms. The lowest BCUT2D eigenvalue weighted by Crippen LogP contribution is -2.51. The summed E-state index contributed by atoms with van der Waals surface area (Å²) in [7, 11) is 0. The first-order valence-corrected chi connectivity index (χ1v) is 16.6. The lowest BCUT2D eigenvalue weighted by Gasteiger charge is -2.37. The van der Waals surface area contributed by atoms with Crippen molar-refractivity contribution in [2.45, 2.75) is 96.2 Å². The van der Waals surface area contributed by atoms with Gasteiger partial charge in [0.15, 0.2) is 0 Å². The first-order valence-electron chi connectivity index (χ1n) is 16.6. The molecule has 0 heterocycles. The van der Waals surface area contributed by atoms with E-state index in [0.717, 1.165) is 42.7 Å². The van der Waals surface area contributed by atoms with E-state index in [2.05, 4.69) is 32.7 Å². The van der Waals surface area contributed by atoms with Gasteiger partial charge in [-0.1, -0.05) is 57.2 Å². The maximum atomic E-state index is 14.1. The number of nitrogens with one attached hydrogen (secondary N) is 1. The van der Waals surface area contributed by atoms with Gasteiger partial charge in [0, 0.05) is 31.7 Å². The molecule has 0 radical (unpaired) electrons. The van der Waals surface area contributed by atoms with E-state index in [9.17, 15) is 31.1 Å². The van der Waals surface area contributed by atoms with Gasteiger partial charge in [0.05, 0.1) is 17.2 Å².